The largest absolute Gasteiger partial charge is 0.383 e. The van der Waals surface area contributed by atoms with Crippen molar-refractivity contribution in [1.82, 2.24) is 10.2 Å². The van der Waals surface area contributed by atoms with Gasteiger partial charge in [-0.2, -0.15) is 0 Å². The summed E-state index contributed by atoms with van der Waals surface area (Å²) in [5.74, 6) is 0.831. The second kappa shape index (κ2) is 7.20. The maximum atomic E-state index is 5.12. The van der Waals surface area contributed by atoms with Crippen molar-refractivity contribution in [2.45, 2.75) is 32.7 Å². The average Bonchev–Trinajstić information content (AvgIpc) is 2.24. The van der Waals surface area contributed by atoms with E-state index in [-0.39, 0.29) is 0 Å². The molecule has 1 N–H and O–H groups in total. The lowest BCUT2D eigenvalue weighted by Gasteiger charge is -2.33. The Bertz CT molecular complexity index is 162. The normalized spacial score (nSPS) is 23.6. The quantitative estimate of drug-likeness (QED) is 0.722. The third kappa shape index (κ3) is 5.50. The number of rotatable bonds is 6. The predicted octanol–water partition coefficient (Wildman–Crippen LogP) is 1.34. The first-order chi connectivity index (χ1) is 7.22. The molecular formula is C12H26N2O. The first kappa shape index (κ1) is 12.9. The molecule has 1 aliphatic rings. The van der Waals surface area contributed by atoms with Gasteiger partial charge in [0.1, 0.15) is 0 Å². The maximum absolute atomic E-state index is 5.12. The van der Waals surface area contributed by atoms with Crippen LogP contribution >= 0.6 is 0 Å². The van der Waals surface area contributed by atoms with Gasteiger partial charge < -0.3 is 15.0 Å². The van der Waals surface area contributed by atoms with Gasteiger partial charge in [0.05, 0.1) is 6.61 Å². The minimum atomic E-state index is 0.611. The molecule has 1 atom stereocenters. The third-order valence-corrected chi connectivity index (χ3v) is 3.03. The first-order valence-electron chi connectivity index (χ1n) is 6.17. The van der Waals surface area contributed by atoms with Gasteiger partial charge in [-0.15, -0.1) is 0 Å². The number of methoxy groups -OCH3 is 1. The van der Waals surface area contributed by atoms with Crippen LogP contribution in [0.2, 0.25) is 0 Å². The summed E-state index contributed by atoms with van der Waals surface area (Å²) in [7, 11) is 1.78. The molecular weight excluding hydrogens is 188 g/mol. The molecule has 3 heteroatoms. The van der Waals surface area contributed by atoms with Crippen LogP contribution in [0, 0.1) is 5.92 Å². The number of piperidine rings is 1. The molecule has 0 bridgehead atoms. The smallest absolute Gasteiger partial charge is 0.0589 e. The molecule has 90 valence electrons. The fourth-order valence-corrected chi connectivity index (χ4v) is 2.14. The maximum Gasteiger partial charge on any atom is 0.0589 e. The van der Waals surface area contributed by atoms with Gasteiger partial charge in [0.25, 0.3) is 0 Å². The highest BCUT2D eigenvalue weighted by Crippen LogP contribution is 2.15. The van der Waals surface area contributed by atoms with Gasteiger partial charge >= 0.3 is 0 Å². The summed E-state index contributed by atoms with van der Waals surface area (Å²) in [6, 6.07) is 0.611. The molecule has 0 aromatic heterocycles. The topological polar surface area (TPSA) is 24.5 Å². The van der Waals surface area contributed by atoms with E-state index in [1.807, 2.05) is 0 Å². The van der Waals surface area contributed by atoms with E-state index in [4.69, 9.17) is 4.74 Å². The zero-order valence-corrected chi connectivity index (χ0v) is 10.5. The van der Waals surface area contributed by atoms with Crippen LogP contribution < -0.4 is 5.32 Å². The fraction of sp³-hybridized carbons (Fsp3) is 1.00. The lowest BCUT2D eigenvalue weighted by atomic mass is 9.98. The van der Waals surface area contributed by atoms with Crippen molar-refractivity contribution in [2.24, 2.45) is 5.92 Å². The van der Waals surface area contributed by atoms with E-state index < -0.39 is 0 Å². The Balaban J connectivity index is 2.17. The molecule has 1 unspecified atom stereocenters. The summed E-state index contributed by atoms with van der Waals surface area (Å²) in [6.45, 7) is 10.0. The Morgan fingerprint density at radius 3 is 2.93 bits per heavy atom. The Labute approximate surface area is 94.2 Å². The molecule has 1 aliphatic heterocycles. The average molecular weight is 214 g/mol. The van der Waals surface area contributed by atoms with Crippen molar-refractivity contribution in [1.29, 1.82) is 0 Å². The molecule has 0 aromatic rings. The third-order valence-electron chi connectivity index (χ3n) is 3.03. The van der Waals surface area contributed by atoms with Gasteiger partial charge in [0.15, 0.2) is 0 Å². The Morgan fingerprint density at radius 2 is 2.27 bits per heavy atom. The van der Waals surface area contributed by atoms with Crippen LogP contribution in [0.25, 0.3) is 0 Å². The highest BCUT2D eigenvalue weighted by molar-refractivity contribution is 4.75. The van der Waals surface area contributed by atoms with Gasteiger partial charge in [-0.1, -0.05) is 13.8 Å². The number of likely N-dealkylation sites (tertiary alicyclic amines) is 1. The van der Waals surface area contributed by atoms with Crippen molar-refractivity contribution in [3.05, 3.63) is 0 Å². The molecule has 0 aliphatic carbocycles. The van der Waals surface area contributed by atoms with Crippen LogP contribution in [-0.4, -0.2) is 50.8 Å². The lowest BCUT2D eigenvalue weighted by molar-refractivity contribution is 0.113. The summed E-state index contributed by atoms with van der Waals surface area (Å²) in [6.07, 6.45) is 2.72. The first-order valence-corrected chi connectivity index (χ1v) is 6.17. The molecule has 15 heavy (non-hydrogen) atoms. The summed E-state index contributed by atoms with van der Waals surface area (Å²) in [5, 5.41) is 3.53. The molecule has 1 fully saturated rings. The number of nitrogens with zero attached hydrogens (tertiary/aromatic N) is 1. The standard InChI is InChI=1S/C12H26N2O/c1-11(2)13-9-12-5-4-6-14(10-12)7-8-15-3/h11-13H,4-10H2,1-3H3. The molecule has 3 nitrogen and oxygen atoms in total. The van der Waals surface area contributed by atoms with Crippen molar-refractivity contribution < 1.29 is 4.74 Å². The van der Waals surface area contributed by atoms with Gasteiger partial charge in [-0.25, -0.2) is 0 Å². The molecule has 1 rings (SSSR count). The van der Waals surface area contributed by atoms with Crippen LogP contribution in [-0.2, 0) is 4.74 Å². The van der Waals surface area contributed by atoms with Crippen LogP contribution in [0.4, 0.5) is 0 Å². The van der Waals surface area contributed by atoms with E-state index in [0.29, 0.717) is 6.04 Å². The van der Waals surface area contributed by atoms with E-state index in [1.54, 1.807) is 7.11 Å². The number of hydrogen-bond donors (Lipinski definition) is 1. The Hall–Kier alpha value is -0.120. The SMILES string of the molecule is COCCN1CCCC(CNC(C)C)C1. The van der Waals surface area contributed by atoms with E-state index in [9.17, 15) is 0 Å². The zero-order valence-electron chi connectivity index (χ0n) is 10.5. The fourth-order valence-electron chi connectivity index (χ4n) is 2.14. The highest BCUT2D eigenvalue weighted by Gasteiger charge is 2.19. The lowest BCUT2D eigenvalue weighted by Crippen LogP contribution is -2.42. The zero-order chi connectivity index (χ0) is 11.1. The van der Waals surface area contributed by atoms with Gasteiger partial charge in [-0.05, 0) is 31.8 Å². The summed E-state index contributed by atoms with van der Waals surface area (Å²) < 4.78 is 5.12. The van der Waals surface area contributed by atoms with Gasteiger partial charge in [0, 0.05) is 26.2 Å². The van der Waals surface area contributed by atoms with E-state index >= 15 is 0 Å². The molecule has 0 aromatic carbocycles. The minimum absolute atomic E-state index is 0.611. The molecule has 0 spiro atoms. The molecule has 1 heterocycles. The van der Waals surface area contributed by atoms with Crippen LogP contribution in [0.15, 0.2) is 0 Å². The van der Waals surface area contributed by atoms with E-state index in [0.717, 1.165) is 19.1 Å². The van der Waals surface area contributed by atoms with Crippen LogP contribution in [0.3, 0.4) is 0 Å². The Morgan fingerprint density at radius 1 is 1.47 bits per heavy atom. The van der Waals surface area contributed by atoms with Crippen molar-refractivity contribution in [3.63, 3.8) is 0 Å². The monoisotopic (exact) mass is 214 g/mol. The molecule has 0 saturated carbocycles. The van der Waals surface area contributed by atoms with Gasteiger partial charge in [0.2, 0.25) is 0 Å². The molecule has 1 saturated heterocycles. The second-order valence-electron chi connectivity index (χ2n) is 4.86. The number of nitrogens with one attached hydrogen (secondary N) is 1. The summed E-state index contributed by atoms with van der Waals surface area (Å²) in [4.78, 5) is 2.53. The molecule has 0 amide bonds. The number of hydrogen-bond acceptors (Lipinski definition) is 3. The minimum Gasteiger partial charge on any atom is -0.383 e. The van der Waals surface area contributed by atoms with E-state index in [2.05, 4.69) is 24.1 Å². The van der Waals surface area contributed by atoms with Crippen molar-refractivity contribution in [3.8, 4) is 0 Å². The summed E-state index contributed by atoms with van der Waals surface area (Å²) in [5.41, 5.74) is 0. The van der Waals surface area contributed by atoms with Crippen LogP contribution in [0.1, 0.15) is 26.7 Å². The second-order valence-corrected chi connectivity index (χ2v) is 4.86. The number of ether oxygens (including phenoxy) is 1. The summed E-state index contributed by atoms with van der Waals surface area (Å²) >= 11 is 0. The van der Waals surface area contributed by atoms with Crippen molar-refractivity contribution in [2.75, 3.05) is 39.9 Å². The van der Waals surface area contributed by atoms with Crippen LogP contribution in [0.5, 0.6) is 0 Å². The molecule has 0 radical (unpaired) electrons. The predicted molar refractivity (Wildman–Crippen MR) is 64.2 cm³/mol. The van der Waals surface area contributed by atoms with Gasteiger partial charge in [-0.3, -0.25) is 0 Å². The highest BCUT2D eigenvalue weighted by atomic mass is 16.5. The van der Waals surface area contributed by atoms with Crippen molar-refractivity contribution >= 4 is 0 Å². The Kier molecular flexibility index (Phi) is 6.22. The van der Waals surface area contributed by atoms with E-state index in [1.165, 1.54) is 32.5 Å².